The molecule has 104 valence electrons. The Balaban J connectivity index is 2.08. The lowest BCUT2D eigenvalue weighted by Crippen LogP contribution is -2.26. The first-order valence-corrected chi connectivity index (χ1v) is 6.55. The van der Waals surface area contributed by atoms with Crippen LogP contribution < -0.4 is 5.32 Å². The highest BCUT2D eigenvalue weighted by atomic mass is 16.2. The van der Waals surface area contributed by atoms with Crippen molar-refractivity contribution in [1.82, 2.24) is 14.9 Å². The van der Waals surface area contributed by atoms with E-state index in [4.69, 9.17) is 0 Å². The molecular formula is C15H18N4O. The molecule has 0 saturated carbocycles. The van der Waals surface area contributed by atoms with Crippen molar-refractivity contribution >= 4 is 11.7 Å². The molecule has 2 heterocycles. The molecule has 0 radical (unpaired) electrons. The predicted molar refractivity (Wildman–Crippen MR) is 78.4 cm³/mol. The van der Waals surface area contributed by atoms with Gasteiger partial charge in [0.25, 0.3) is 5.91 Å². The third-order valence-corrected chi connectivity index (χ3v) is 2.88. The first-order valence-electron chi connectivity index (χ1n) is 6.55. The summed E-state index contributed by atoms with van der Waals surface area (Å²) in [5.41, 5.74) is 1.68. The third kappa shape index (κ3) is 3.54. The number of aromatic nitrogens is 2. The Hall–Kier alpha value is -2.43. The second kappa shape index (κ2) is 6.65. The number of carbonyl (C=O) groups excluding carboxylic acids is 1. The average Bonchev–Trinajstić information content (AvgIpc) is 2.48. The summed E-state index contributed by atoms with van der Waals surface area (Å²) in [7, 11) is 1.79. The maximum absolute atomic E-state index is 12.4. The number of carbonyl (C=O) groups is 1. The van der Waals surface area contributed by atoms with Crippen LogP contribution in [-0.4, -0.2) is 34.4 Å². The number of nitrogens with one attached hydrogen (secondary N) is 1. The largest absolute Gasteiger partial charge is 0.370 e. The van der Waals surface area contributed by atoms with Gasteiger partial charge in [-0.3, -0.25) is 9.78 Å². The van der Waals surface area contributed by atoms with Crippen LogP contribution in [-0.2, 0) is 6.54 Å². The van der Waals surface area contributed by atoms with E-state index in [2.05, 4.69) is 15.3 Å². The highest BCUT2D eigenvalue weighted by molar-refractivity contribution is 5.94. The summed E-state index contributed by atoms with van der Waals surface area (Å²) in [4.78, 5) is 22.2. The Kier molecular flexibility index (Phi) is 4.65. The Morgan fingerprint density at radius 2 is 2.00 bits per heavy atom. The van der Waals surface area contributed by atoms with Crippen LogP contribution >= 0.6 is 0 Å². The molecule has 0 atom stereocenters. The highest BCUT2D eigenvalue weighted by Gasteiger charge is 2.12. The molecule has 1 amide bonds. The van der Waals surface area contributed by atoms with Gasteiger partial charge in [-0.2, -0.15) is 0 Å². The molecule has 20 heavy (non-hydrogen) atoms. The van der Waals surface area contributed by atoms with Gasteiger partial charge in [0, 0.05) is 44.3 Å². The molecule has 0 bridgehead atoms. The number of hydrogen-bond acceptors (Lipinski definition) is 4. The average molecular weight is 270 g/mol. The Bertz CT molecular complexity index is 571. The fourth-order valence-electron chi connectivity index (χ4n) is 1.90. The van der Waals surface area contributed by atoms with Gasteiger partial charge in [-0.25, -0.2) is 4.98 Å². The van der Waals surface area contributed by atoms with Crippen molar-refractivity contribution in [2.75, 3.05) is 18.9 Å². The van der Waals surface area contributed by atoms with E-state index in [1.165, 1.54) is 0 Å². The minimum absolute atomic E-state index is 0.0247. The molecular weight excluding hydrogens is 252 g/mol. The van der Waals surface area contributed by atoms with Gasteiger partial charge < -0.3 is 10.2 Å². The summed E-state index contributed by atoms with van der Waals surface area (Å²) in [5.74, 6) is 0.694. The predicted octanol–water partition coefficient (Wildman–Crippen LogP) is 2.18. The van der Waals surface area contributed by atoms with Crippen molar-refractivity contribution in [2.45, 2.75) is 13.5 Å². The quantitative estimate of drug-likeness (QED) is 0.904. The molecule has 0 aliphatic heterocycles. The van der Waals surface area contributed by atoms with Gasteiger partial charge in [-0.15, -0.1) is 0 Å². The van der Waals surface area contributed by atoms with E-state index in [0.717, 1.165) is 17.9 Å². The van der Waals surface area contributed by atoms with Crippen molar-refractivity contribution in [3.05, 3.63) is 54.0 Å². The van der Waals surface area contributed by atoms with Gasteiger partial charge in [0.15, 0.2) is 0 Å². The zero-order chi connectivity index (χ0) is 14.4. The Labute approximate surface area is 118 Å². The van der Waals surface area contributed by atoms with Crippen molar-refractivity contribution in [3.63, 3.8) is 0 Å². The number of amides is 1. The molecule has 5 nitrogen and oxygen atoms in total. The molecule has 0 aliphatic carbocycles. The monoisotopic (exact) mass is 270 g/mol. The molecule has 0 aliphatic rings. The summed E-state index contributed by atoms with van der Waals surface area (Å²) in [6.45, 7) is 3.32. The molecule has 0 spiro atoms. The Morgan fingerprint density at radius 3 is 2.70 bits per heavy atom. The molecule has 0 aromatic carbocycles. The van der Waals surface area contributed by atoms with Crippen LogP contribution in [0, 0.1) is 0 Å². The maximum Gasteiger partial charge on any atom is 0.254 e. The fourth-order valence-corrected chi connectivity index (χ4v) is 1.90. The van der Waals surface area contributed by atoms with Crippen molar-refractivity contribution in [2.24, 2.45) is 0 Å². The van der Waals surface area contributed by atoms with E-state index < -0.39 is 0 Å². The molecule has 5 heteroatoms. The van der Waals surface area contributed by atoms with Gasteiger partial charge >= 0.3 is 0 Å². The van der Waals surface area contributed by atoms with Crippen LogP contribution in [0.5, 0.6) is 0 Å². The van der Waals surface area contributed by atoms with Crippen LogP contribution in [0.3, 0.4) is 0 Å². The minimum Gasteiger partial charge on any atom is -0.370 e. The van der Waals surface area contributed by atoms with E-state index in [1.54, 1.807) is 42.7 Å². The molecule has 2 rings (SSSR count). The number of nitrogens with zero attached hydrogens (tertiary/aromatic N) is 3. The summed E-state index contributed by atoms with van der Waals surface area (Å²) in [6, 6.07) is 7.31. The molecule has 0 saturated heterocycles. The first kappa shape index (κ1) is 14.0. The Morgan fingerprint density at radius 1 is 1.25 bits per heavy atom. The number of rotatable bonds is 5. The molecule has 1 N–H and O–H groups in total. The van der Waals surface area contributed by atoms with Crippen LogP contribution in [0.1, 0.15) is 22.8 Å². The maximum atomic E-state index is 12.4. The van der Waals surface area contributed by atoms with Gasteiger partial charge in [0.2, 0.25) is 0 Å². The summed E-state index contributed by atoms with van der Waals surface area (Å²) < 4.78 is 0. The lowest BCUT2D eigenvalue weighted by molar-refractivity contribution is 0.0785. The zero-order valence-corrected chi connectivity index (χ0v) is 11.7. The summed E-state index contributed by atoms with van der Waals surface area (Å²) in [5, 5.41) is 3.10. The van der Waals surface area contributed by atoms with Gasteiger partial charge in [-0.05, 0) is 36.8 Å². The molecule has 2 aromatic heterocycles. The normalized spacial score (nSPS) is 10.1. The van der Waals surface area contributed by atoms with E-state index >= 15 is 0 Å². The standard InChI is InChI=1S/C15H18N4O/c1-3-17-14-10-13(6-9-18-14)15(20)19(2)11-12-4-7-16-8-5-12/h4-10H,3,11H2,1-2H3,(H,17,18). The number of pyridine rings is 2. The van der Waals surface area contributed by atoms with Crippen LogP contribution in [0.2, 0.25) is 0 Å². The van der Waals surface area contributed by atoms with Crippen molar-refractivity contribution in [3.8, 4) is 0 Å². The van der Waals surface area contributed by atoms with Crippen LogP contribution in [0.4, 0.5) is 5.82 Å². The fraction of sp³-hybridized carbons (Fsp3) is 0.267. The first-order chi connectivity index (χ1) is 9.70. The SMILES string of the molecule is CCNc1cc(C(=O)N(C)Cc2ccncc2)ccn1. The van der Waals surface area contributed by atoms with Crippen molar-refractivity contribution in [1.29, 1.82) is 0 Å². The third-order valence-electron chi connectivity index (χ3n) is 2.88. The topological polar surface area (TPSA) is 58.1 Å². The van der Waals surface area contributed by atoms with E-state index in [-0.39, 0.29) is 5.91 Å². The van der Waals surface area contributed by atoms with Gasteiger partial charge in [-0.1, -0.05) is 0 Å². The summed E-state index contributed by atoms with van der Waals surface area (Å²) >= 11 is 0. The van der Waals surface area contributed by atoms with E-state index in [0.29, 0.717) is 12.1 Å². The summed E-state index contributed by atoms with van der Waals surface area (Å²) in [6.07, 6.45) is 5.10. The lowest BCUT2D eigenvalue weighted by Gasteiger charge is -2.17. The smallest absolute Gasteiger partial charge is 0.254 e. The second-order valence-corrected chi connectivity index (χ2v) is 4.48. The zero-order valence-electron chi connectivity index (χ0n) is 11.7. The van der Waals surface area contributed by atoms with Gasteiger partial charge in [0.1, 0.15) is 5.82 Å². The highest BCUT2D eigenvalue weighted by Crippen LogP contribution is 2.11. The van der Waals surface area contributed by atoms with E-state index in [1.807, 2.05) is 19.1 Å². The number of anilines is 1. The van der Waals surface area contributed by atoms with Crippen LogP contribution in [0.25, 0.3) is 0 Å². The molecule has 0 fully saturated rings. The van der Waals surface area contributed by atoms with Gasteiger partial charge in [0.05, 0.1) is 0 Å². The number of hydrogen-bond donors (Lipinski definition) is 1. The van der Waals surface area contributed by atoms with E-state index in [9.17, 15) is 4.79 Å². The lowest BCUT2D eigenvalue weighted by atomic mass is 10.2. The minimum atomic E-state index is -0.0247. The second-order valence-electron chi connectivity index (χ2n) is 4.48. The molecule has 0 unspecified atom stereocenters. The molecule has 2 aromatic rings. The van der Waals surface area contributed by atoms with Crippen molar-refractivity contribution < 1.29 is 4.79 Å². The van der Waals surface area contributed by atoms with Crippen LogP contribution in [0.15, 0.2) is 42.9 Å².